The predicted octanol–water partition coefficient (Wildman–Crippen LogP) is 1.98. The van der Waals surface area contributed by atoms with Crippen molar-refractivity contribution in [1.29, 1.82) is 0 Å². The van der Waals surface area contributed by atoms with Gasteiger partial charge in [-0.2, -0.15) is 0 Å². The van der Waals surface area contributed by atoms with Crippen LogP contribution >= 0.6 is 11.6 Å². The fraction of sp³-hybridized carbons (Fsp3) is 0.143. The van der Waals surface area contributed by atoms with Gasteiger partial charge in [0.05, 0.1) is 18.4 Å². The monoisotopic (exact) mass is 289 g/mol. The van der Waals surface area contributed by atoms with Crippen LogP contribution in [0.4, 0.5) is 5.69 Å². The molecule has 3 N–H and O–H groups in total. The summed E-state index contributed by atoms with van der Waals surface area (Å²) in [6, 6.07) is 8.46. The molecule has 0 saturated carbocycles. The van der Waals surface area contributed by atoms with E-state index in [1.807, 2.05) is 0 Å². The lowest BCUT2D eigenvalue weighted by Gasteiger charge is -2.25. The number of halogens is 1. The van der Waals surface area contributed by atoms with Crippen LogP contribution in [0.25, 0.3) is 0 Å². The van der Waals surface area contributed by atoms with Gasteiger partial charge in [0.1, 0.15) is 5.84 Å². The lowest BCUT2D eigenvalue weighted by molar-refractivity contribution is 0.153. The quantitative estimate of drug-likeness (QED) is 0.886. The molecular weight excluding hydrogens is 278 g/mol. The van der Waals surface area contributed by atoms with Crippen molar-refractivity contribution in [2.75, 3.05) is 7.11 Å². The molecule has 0 amide bonds. The third-order valence-corrected chi connectivity index (χ3v) is 3.55. The molecule has 6 heteroatoms. The zero-order chi connectivity index (χ0) is 14.3. The summed E-state index contributed by atoms with van der Waals surface area (Å²) in [7, 11) is 1.48. The average molecular weight is 290 g/mol. The number of nitrogens with two attached hydrogens (primary N) is 1. The van der Waals surface area contributed by atoms with Gasteiger partial charge in [-0.1, -0.05) is 11.6 Å². The third-order valence-electron chi connectivity index (χ3n) is 3.31. The van der Waals surface area contributed by atoms with Crippen molar-refractivity contribution in [2.45, 2.75) is 5.60 Å². The summed E-state index contributed by atoms with van der Waals surface area (Å²) in [5.41, 5.74) is 5.90. The van der Waals surface area contributed by atoms with E-state index in [9.17, 15) is 5.11 Å². The van der Waals surface area contributed by atoms with Gasteiger partial charge >= 0.3 is 0 Å². The summed E-state index contributed by atoms with van der Waals surface area (Å²) in [4.78, 5) is 8.29. The lowest BCUT2D eigenvalue weighted by atomic mass is 9.87. The average Bonchev–Trinajstić information content (AvgIpc) is 2.72. The fourth-order valence-corrected chi connectivity index (χ4v) is 2.53. The van der Waals surface area contributed by atoms with Crippen molar-refractivity contribution >= 4 is 23.1 Å². The topological polar surface area (TPSA) is 80.7 Å². The highest BCUT2D eigenvalue weighted by molar-refractivity contribution is 6.30. The van der Waals surface area contributed by atoms with Crippen molar-refractivity contribution in [3.8, 4) is 5.88 Å². The van der Waals surface area contributed by atoms with Crippen LogP contribution in [0.3, 0.4) is 0 Å². The molecule has 3 rings (SSSR count). The Kier molecular flexibility index (Phi) is 2.88. The molecule has 0 radical (unpaired) electrons. The van der Waals surface area contributed by atoms with Crippen LogP contribution in [0.2, 0.25) is 5.02 Å². The summed E-state index contributed by atoms with van der Waals surface area (Å²) < 4.78 is 5.20. The standard InChI is InChI=1S/C14H12ClN3O2/c1-20-12-9(3-2-6-17-12)14(19)10-7-8(15)4-5-11(10)18-13(14)16/h2-7,19H,1H3,(H2,16,18). The molecule has 1 unspecified atom stereocenters. The molecule has 1 aromatic heterocycles. The van der Waals surface area contributed by atoms with E-state index in [0.717, 1.165) is 0 Å². The molecular formula is C14H12ClN3O2. The molecule has 102 valence electrons. The van der Waals surface area contributed by atoms with E-state index in [2.05, 4.69) is 9.98 Å². The molecule has 1 aliphatic rings. The zero-order valence-electron chi connectivity index (χ0n) is 10.7. The number of aliphatic hydroxyl groups is 1. The highest BCUT2D eigenvalue weighted by atomic mass is 35.5. The Labute approximate surface area is 120 Å². The molecule has 1 aliphatic heterocycles. The summed E-state index contributed by atoms with van der Waals surface area (Å²) in [6.07, 6.45) is 1.58. The van der Waals surface area contributed by atoms with Crippen LogP contribution in [0.5, 0.6) is 5.88 Å². The summed E-state index contributed by atoms with van der Waals surface area (Å²) >= 11 is 6.01. The van der Waals surface area contributed by atoms with E-state index in [1.165, 1.54) is 7.11 Å². The number of aliphatic imine (C=N–C) groups is 1. The van der Waals surface area contributed by atoms with E-state index in [1.54, 1.807) is 36.5 Å². The first-order valence-corrected chi connectivity index (χ1v) is 6.31. The molecule has 20 heavy (non-hydrogen) atoms. The number of rotatable bonds is 2. The number of benzene rings is 1. The van der Waals surface area contributed by atoms with Crippen LogP contribution < -0.4 is 10.5 Å². The van der Waals surface area contributed by atoms with Gasteiger partial charge in [0.15, 0.2) is 5.60 Å². The van der Waals surface area contributed by atoms with E-state index in [0.29, 0.717) is 27.7 Å². The van der Waals surface area contributed by atoms with Crippen LogP contribution in [-0.2, 0) is 5.60 Å². The van der Waals surface area contributed by atoms with Crippen LogP contribution in [-0.4, -0.2) is 23.0 Å². The zero-order valence-corrected chi connectivity index (χ0v) is 11.4. The molecule has 2 heterocycles. The first-order chi connectivity index (χ1) is 9.57. The van der Waals surface area contributed by atoms with Gasteiger partial charge in [0.25, 0.3) is 0 Å². The largest absolute Gasteiger partial charge is 0.481 e. The van der Waals surface area contributed by atoms with Crippen molar-refractivity contribution in [1.82, 2.24) is 4.98 Å². The number of methoxy groups -OCH3 is 1. The van der Waals surface area contributed by atoms with Gasteiger partial charge in [0, 0.05) is 16.8 Å². The number of amidine groups is 1. The van der Waals surface area contributed by atoms with Crippen LogP contribution in [0, 0.1) is 0 Å². The lowest BCUT2D eigenvalue weighted by Crippen LogP contribution is -2.40. The maximum atomic E-state index is 11.1. The van der Waals surface area contributed by atoms with E-state index in [4.69, 9.17) is 22.1 Å². The Hall–Kier alpha value is -2.11. The Balaban J connectivity index is 2.28. The van der Waals surface area contributed by atoms with Crippen molar-refractivity contribution in [3.05, 3.63) is 52.7 Å². The van der Waals surface area contributed by atoms with E-state index >= 15 is 0 Å². The molecule has 0 saturated heterocycles. The molecule has 0 aliphatic carbocycles. The number of hydrogen-bond acceptors (Lipinski definition) is 5. The highest BCUT2D eigenvalue weighted by Gasteiger charge is 2.44. The molecule has 0 fully saturated rings. The SMILES string of the molecule is COc1ncccc1C1(O)C(N)=Nc2ccc(Cl)cc21. The summed E-state index contributed by atoms with van der Waals surface area (Å²) in [5.74, 6) is 0.363. The summed E-state index contributed by atoms with van der Waals surface area (Å²) in [6.45, 7) is 0. The maximum absolute atomic E-state index is 11.1. The van der Waals surface area contributed by atoms with E-state index in [-0.39, 0.29) is 5.84 Å². The number of pyridine rings is 1. The molecule has 0 bridgehead atoms. The Morgan fingerprint density at radius 1 is 1.30 bits per heavy atom. The fourth-order valence-electron chi connectivity index (χ4n) is 2.36. The van der Waals surface area contributed by atoms with Gasteiger partial charge < -0.3 is 15.6 Å². The van der Waals surface area contributed by atoms with Gasteiger partial charge in [0.2, 0.25) is 5.88 Å². The van der Waals surface area contributed by atoms with Crippen LogP contribution in [0.1, 0.15) is 11.1 Å². The van der Waals surface area contributed by atoms with Crippen molar-refractivity contribution in [2.24, 2.45) is 10.7 Å². The second kappa shape index (κ2) is 4.47. The van der Waals surface area contributed by atoms with Crippen LogP contribution in [0.15, 0.2) is 41.5 Å². The molecule has 1 aromatic carbocycles. The smallest absolute Gasteiger partial charge is 0.220 e. The number of hydrogen-bond donors (Lipinski definition) is 2. The number of fused-ring (bicyclic) bond motifs is 1. The first kappa shape index (κ1) is 12.9. The third kappa shape index (κ3) is 1.67. The first-order valence-electron chi connectivity index (χ1n) is 5.94. The van der Waals surface area contributed by atoms with E-state index < -0.39 is 5.60 Å². The van der Waals surface area contributed by atoms with Gasteiger partial charge in [-0.25, -0.2) is 9.98 Å². The predicted molar refractivity (Wildman–Crippen MR) is 76.5 cm³/mol. The Morgan fingerprint density at radius 3 is 2.85 bits per heavy atom. The second-order valence-corrected chi connectivity index (χ2v) is 4.87. The molecule has 0 spiro atoms. The highest BCUT2D eigenvalue weighted by Crippen LogP contribution is 2.44. The van der Waals surface area contributed by atoms with Crippen molar-refractivity contribution < 1.29 is 9.84 Å². The maximum Gasteiger partial charge on any atom is 0.220 e. The number of ether oxygens (including phenoxy) is 1. The minimum absolute atomic E-state index is 0.0704. The Bertz CT molecular complexity index is 717. The second-order valence-electron chi connectivity index (χ2n) is 4.43. The molecule has 2 aromatic rings. The molecule has 5 nitrogen and oxygen atoms in total. The molecule has 1 atom stereocenters. The normalized spacial score (nSPS) is 20.4. The van der Waals surface area contributed by atoms with Crippen molar-refractivity contribution in [3.63, 3.8) is 0 Å². The number of aromatic nitrogens is 1. The minimum Gasteiger partial charge on any atom is -0.481 e. The Morgan fingerprint density at radius 2 is 2.10 bits per heavy atom. The number of nitrogens with zero attached hydrogens (tertiary/aromatic N) is 2. The minimum atomic E-state index is -1.58. The van der Waals surface area contributed by atoms with Gasteiger partial charge in [-0.3, -0.25) is 0 Å². The van der Waals surface area contributed by atoms with Gasteiger partial charge in [-0.15, -0.1) is 0 Å². The summed E-state index contributed by atoms with van der Waals surface area (Å²) in [5, 5.41) is 11.6. The van der Waals surface area contributed by atoms with Gasteiger partial charge in [-0.05, 0) is 30.3 Å².